The lowest BCUT2D eigenvalue weighted by Gasteiger charge is -2.21. The van der Waals surface area contributed by atoms with Gasteiger partial charge in [0.05, 0.1) is 5.69 Å². The van der Waals surface area contributed by atoms with Crippen molar-refractivity contribution in [2.45, 2.75) is 26.8 Å². The number of aryl methyl sites for hydroxylation is 1. The predicted molar refractivity (Wildman–Crippen MR) is 93.0 cm³/mol. The largest absolute Gasteiger partial charge is 0.340 e. The van der Waals surface area contributed by atoms with Crippen molar-refractivity contribution < 1.29 is 9.59 Å². The van der Waals surface area contributed by atoms with Crippen LogP contribution in [0.15, 0.2) is 29.6 Å². The zero-order chi connectivity index (χ0) is 17.0. The van der Waals surface area contributed by atoms with Gasteiger partial charge in [0.2, 0.25) is 5.91 Å². The molecule has 0 aliphatic heterocycles. The number of thiazole rings is 1. The fourth-order valence-corrected chi connectivity index (χ4v) is 2.77. The molecule has 5 nitrogen and oxygen atoms in total. The number of nitrogens with one attached hydrogen (secondary N) is 2. The first-order valence-corrected chi connectivity index (χ1v) is 8.42. The second-order valence-corrected chi connectivity index (χ2v) is 6.78. The van der Waals surface area contributed by atoms with Crippen LogP contribution in [-0.4, -0.2) is 22.8 Å². The molecule has 1 atom stereocenters. The number of nitrogens with zero attached hydrogens (tertiary/aromatic N) is 1. The smallest absolute Gasteiger partial charge is 0.251 e. The Morgan fingerprint density at radius 1 is 1.22 bits per heavy atom. The highest BCUT2D eigenvalue weighted by molar-refractivity contribution is 7.13. The zero-order valence-electron chi connectivity index (χ0n) is 13.1. The number of amides is 2. The van der Waals surface area contributed by atoms with E-state index in [1.807, 2.05) is 26.2 Å². The van der Waals surface area contributed by atoms with E-state index in [1.54, 1.807) is 24.3 Å². The molecular formula is C16H18ClN3O2S. The Kier molecular flexibility index (Phi) is 5.74. The average molecular weight is 352 g/mol. The summed E-state index contributed by atoms with van der Waals surface area (Å²) in [5.74, 6) is -0.658. The molecule has 2 rings (SSSR count). The summed E-state index contributed by atoms with van der Waals surface area (Å²) in [4.78, 5) is 28.9. The quantitative estimate of drug-likeness (QED) is 0.866. The molecule has 122 valence electrons. The summed E-state index contributed by atoms with van der Waals surface area (Å²) in [6, 6.07) is 5.87. The molecule has 2 aromatic rings. The summed E-state index contributed by atoms with van der Waals surface area (Å²) in [5.41, 5.74) is 1.30. The minimum absolute atomic E-state index is 0.0627. The molecule has 0 unspecified atom stereocenters. The molecule has 0 saturated heterocycles. The van der Waals surface area contributed by atoms with Crippen molar-refractivity contribution in [1.82, 2.24) is 10.3 Å². The number of hydrogen-bond donors (Lipinski definition) is 2. The maximum atomic E-state index is 12.4. The van der Waals surface area contributed by atoms with E-state index >= 15 is 0 Å². The summed E-state index contributed by atoms with van der Waals surface area (Å²) in [6.07, 6.45) is 0. The third-order valence-electron chi connectivity index (χ3n) is 3.19. The van der Waals surface area contributed by atoms with E-state index in [1.165, 1.54) is 11.3 Å². The van der Waals surface area contributed by atoms with Crippen molar-refractivity contribution in [1.29, 1.82) is 0 Å². The number of carbonyl (C=O) groups excluding carboxylic acids is 2. The van der Waals surface area contributed by atoms with E-state index in [0.29, 0.717) is 15.7 Å². The molecular weight excluding hydrogens is 334 g/mol. The van der Waals surface area contributed by atoms with Gasteiger partial charge in [0.25, 0.3) is 5.91 Å². The molecule has 7 heteroatoms. The molecule has 0 saturated carbocycles. The van der Waals surface area contributed by atoms with Crippen molar-refractivity contribution in [3.05, 3.63) is 45.9 Å². The first-order valence-electron chi connectivity index (χ1n) is 7.16. The van der Waals surface area contributed by atoms with Crippen molar-refractivity contribution in [3.63, 3.8) is 0 Å². The third-order valence-corrected chi connectivity index (χ3v) is 4.32. The van der Waals surface area contributed by atoms with Gasteiger partial charge in [-0.3, -0.25) is 9.59 Å². The number of halogens is 1. The Hall–Kier alpha value is -1.92. The van der Waals surface area contributed by atoms with Crippen LogP contribution < -0.4 is 10.6 Å². The minimum atomic E-state index is -0.651. The van der Waals surface area contributed by atoms with Gasteiger partial charge >= 0.3 is 0 Å². The highest BCUT2D eigenvalue weighted by Gasteiger charge is 2.25. The van der Waals surface area contributed by atoms with E-state index in [-0.39, 0.29) is 17.7 Å². The molecule has 0 aliphatic carbocycles. The summed E-state index contributed by atoms with van der Waals surface area (Å²) in [6.45, 7) is 5.60. The van der Waals surface area contributed by atoms with Crippen molar-refractivity contribution in [2.75, 3.05) is 5.32 Å². The Balaban J connectivity index is 2.07. The van der Waals surface area contributed by atoms with Crippen molar-refractivity contribution in [3.8, 4) is 0 Å². The van der Waals surface area contributed by atoms with Gasteiger partial charge in [-0.15, -0.1) is 11.3 Å². The van der Waals surface area contributed by atoms with E-state index < -0.39 is 6.04 Å². The summed E-state index contributed by atoms with van der Waals surface area (Å²) < 4.78 is 0. The van der Waals surface area contributed by atoms with Crippen LogP contribution in [0.1, 0.15) is 29.9 Å². The van der Waals surface area contributed by atoms with Gasteiger partial charge in [0.15, 0.2) is 5.13 Å². The second kappa shape index (κ2) is 7.57. The number of rotatable bonds is 5. The average Bonchev–Trinajstić information content (AvgIpc) is 2.89. The molecule has 1 aromatic heterocycles. The van der Waals surface area contributed by atoms with Gasteiger partial charge in [-0.2, -0.15) is 0 Å². The monoisotopic (exact) mass is 351 g/mol. The van der Waals surface area contributed by atoms with Gasteiger partial charge in [-0.05, 0) is 37.1 Å². The molecule has 0 aliphatic rings. The molecule has 0 spiro atoms. The Morgan fingerprint density at radius 2 is 1.87 bits per heavy atom. The molecule has 0 fully saturated rings. The zero-order valence-corrected chi connectivity index (χ0v) is 14.7. The van der Waals surface area contributed by atoms with Crippen LogP contribution in [0.2, 0.25) is 5.02 Å². The van der Waals surface area contributed by atoms with Gasteiger partial charge in [-0.25, -0.2) is 4.98 Å². The Labute approximate surface area is 144 Å². The summed E-state index contributed by atoms with van der Waals surface area (Å²) >= 11 is 7.17. The first-order chi connectivity index (χ1) is 10.9. The normalized spacial score (nSPS) is 12.0. The Morgan fingerprint density at radius 3 is 2.39 bits per heavy atom. The molecule has 0 bridgehead atoms. The second-order valence-electron chi connectivity index (χ2n) is 5.49. The van der Waals surface area contributed by atoms with Gasteiger partial charge in [-0.1, -0.05) is 25.4 Å². The van der Waals surface area contributed by atoms with Crippen LogP contribution in [-0.2, 0) is 4.79 Å². The SMILES string of the molecule is Cc1csc(NC(=O)[C@@H](NC(=O)c2ccc(Cl)cc2)C(C)C)n1. The van der Waals surface area contributed by atoms with Crippen LogP contribution in [0.5, 0.6) is 0 Å². The lowest BCUT2D eigenvalue weighted by Crippen LogP contribution is -2.47. The Bertz CT molecular complexity index is 698. The summed E-state index contributed by atoms with van der Waals surface area (Å²) in [5, 5.41) is 8.44. The number of benzene rings is 1. The highest BCUT2D eigenvalue weighted by Crippen LogP contribution is 2.16. The fraction of sp³-hybridized carbons (Fsp3) is 0.312. The van der Waals surface area contributed by atoms with Crippen molar-refractivity contribution in [2.24, 2.45) is 5.92 Å². The third kappa shape index (κ3) is 4.77. The minimum Gasteiger partial charge on any atom is -0.340 e. The molecule has 23 heavy (non-hydrogen) atoms. The van der Waals surface area contributed by atoms with E-state index in [4.69, 9.17) is 11.6 Å². The van der Waals surface area contributed by atoms with Crippen molar-refractivity contribution >= 4 is 39.9 Å². The number of anilines is 1. The number of aromatic nitrogens is 1. The van der Waals surface area contributed by atoms with Gasteiger partial charge in [0, 0.05) is 16.0 Å². The topological polar surface area (TPSA) is 71.1 Å². The molecule has 2 amide bonds. The van der Waals surface area contributed by atoms with Crippen LogP contribution in [0.3, 0.4) is 0 Å². The molecule has 2 N–H and O–H groups in total. The highest BCUT2D eigenvalue weighted by atomic mass is 35.5. The van der Waals surface area contributed by atoms with Gasteiger partial charge < -0.3 is 10.6 Å². The molecule has 0 radical (unpaired) electrons. The summed E-state index contributed by atoms with van der Waals surface area (Å²) in [7, 11) is 0. The van der Waals surface area contributed by atoms with Gasteiger partial charge in [0.1, 0.15) is 6.04 Å². The molecule has 1 aromatic carbocycles. The first kappa shape index (κ1) is 17.4. The van der Waals surface area contributed by atoms with Crippen LogP contribution in [0.4, 0.5) is 5.13 Å². The van der Waals surface area contributed by atoms with E-state index in [0.717, 1.165) is 5.69 Å². The standard InChI is InChI=1S/C16H18ClN3O2S/c1-9(2)13(15(22)20-16-18-10(3)8-23-16)19-14(21)11-4-6-12(17)7-5-11/h4-9,13H,1-3H3,(H,19,21)(H,18,20,22)/t13-/m0/s1. The maximum Gasteiger partial charge on any atom is 0.251 e. The van der Waals surface area contributed by atoms with Crippen LogP contribution in [0.25, 0.3) is 0 Å². The lowest BCUT2D eigenvalue weighted by molar-refractivity contribution is -0.118. The van der Waals surface area contributed by atoms with E-state index in [2.05, 4.69) is 15.6 Å². The maximum absolute atomic E-state index is 12.4. The van der Waals surface area contributed by atoms with Crippen LogP contribution in [0, 0.1) is 12.8 Å². The number of carbonyl (C=O) groups is 2. The van der Waals surface area contributed by atoms with E-state index in [9.17, 15) is 9.59 Å². The molecule has 1 heterocycles. The van der Waals surface area contributed by atoms with Crippen LogP contribution >= 0.6 is 22.9 Å². The predicted octanol–water partition coefficient (Wildman–Crippen LogP) is 3.50. The lowest BCUT2D eigenvalue weighted by atomic mass is 10.0. The number of hydrogen-bond acceptors (Lipinski definition) is 4. The fourth-order valence-electron chi connectivity index (χ4n) is 1.96.